The van der Waals surface area contributed by atoms with Gasteiger partial charge in [0, 0.05) is 24.3 Å². The molecule has 2 amide bonds. The van der Waals surface area contributed by atoms with E-state index in [2.05, 4.69) is 0 Å². The van der Waals surface area contributed by atoms with Crippen molar-refractivity contribution in [3.8, 4) is 5.75 Å². The molecule has 1 fully saturated rings. The van der Waals surface area contributed by atoms with Gasteiger partial charge in [-0.05, 0) is 18.2 Å². The van der Waals surface area contributed by atoms with Gasteiger partial charge in [-0.1, -0.05) is 0 Å². The first kappa shape index (κ1) is 14.8. The van der Waals surface area contributed by atoms with Crippen LogP contribution >= 0.6 is 0 Å². The number of rotatable bonds is 3. The molecule has 2 aromatic rings. The number of carbonyl (C=O) groups is 3. The van der Waals surface area contributed by atoms with Gasteiger partial charge in [-0.25, -0.2) is 9.59 Å². The molecule has 8 heteroatoms. The number of benzene rings is 1. The average Bonchev–Trinajstić information content (AvgIpc) is 2.85. The van der Waals surface area contributed by atoms with E-state index in [-0.39, 0.29) is 18.4 Å². The van der Waals surface area contributed by atoms with Crippen LogP contribution in [0.5, 0.6) is 5.75 Å². The highest BCUT2D eigenvalue weighted by atomic mass is 16.7. The number of hydroxylamine groups is 2. The summed E-state index contributed by atoms with van der Waals surface area (Å²) in [7, 11) is 1.47. The SMILES string of the molecule is COc1ccc2cc(C(=O)ON3C(=O)CCC3=O)c(=O)oc2c1. The molecule has 1 aromatic heterocycles. The standard InChI is InChI=1S/C15H11NO7/c1-21-9-3-2-8-6-10(14(19)22-11(8)7-9)15(20)23-16-12(17)4-5-13(16)18/h2-3,6-7H,4-5H2,1H3. The zero-order valence-electron chi connectivity index (χ0n) is 12.0. The van der Waals surface area contributed by atoms with Gasteiger partial charge in [0.05, 0.1) is 7.11 Å². The van der Waals surface area contributed by atoms with Crippen LogP contribution in [0.3, 0.4) is 0 Å². The topological polar surface area (TPSA) is 103 Å². The maximum atomic E-state index is 12.0. The van der Waals surface area contributed by atoms with E-state index in [0.717, 1.165) is 0 Å². The van der Waals surface area contributed by atoms with Crippen molar-refractivity contribution >= 4 is 28.8 Å². The molecule has 0 atom stereocenters. The third kappa shape index (κ3) is 2.66. The Balaban J connectivity index is 1.94. The Hall–Kier alpha value is -3.16. The molecular weight excluding hydrogens is 306 g/mol. The van der Waals surface area contributed by atoms with Crippen LogP contribution < -0.4 is 10.4 Å². The predicted octanol–water partition coefficient (Wildman–Crippen LogP) is 1.02. The minimum atomic E-state index is -1.12. The molecule has 0 bridgehead atoms. The molecule has 0 N–H and O–H groups in total. The minimum Gasteiger partial charge on any atom is -0.497 e. The first-order chi connectivity index (χ1) is 11.0. The Morgan fingerprint density at radius 3 is 2.48 bits per heavy atom. The second kappa shape index (κ2) is 5.56. The van der Waals surface area contributed by atoms with Crippen LogP contribution in [-0.4, -0.2) is 30.0 Å². The lowest BCUT2D eigenvalue weighted by Crippen LogP contribution is -2.33. The minimum absolute atomic E-state index is 0.0295. The molecular formula is C15H11NO7. The number of fused-ring (bicyclic) bond motifs is 1. The van der Waals surface area contributed by atoms with Gasteiger partial charge in [-0.2, -0.15) is 0 Å². The van der Waals surface area contributed by atoms with Crippen LogP contribution in [0.4, 0.5) is 0 Å². The summed E-state index contributed by atoms with van der Waals surface area (Å²) in [5.41, 5.74) is -1.11. The van der Waals surface area contributed by atoms with Gasteiger partial charge in [-0.15, -0.1) is 5.06 Å². The molecule has 23 heavy (non-hydrogen) atoms. The van der Waals surface area contributed by atoms with Crippen molar-refractivity contribution in [1.82, 2.24) is 5.06 Å². The Labute approximate surface area is 129 Å². The van der Waals surface area contributed by atoms with Gasteiger partial charge in [0.2, 0.25) is 0 Å². The van der Waals surface area contributed by atoms with Gasteiger partial charge in [-0.3, -0.25) is 9.59 Å². The van der Waals surface area contributed by atoms with E-state index in [1.165, 1.54) is 19.2 Å². The molecule has 1 aliphatic rings. The number of amides is 2. The number of imide groups is 1. The number of hydrogen-bond donors (Lipinski definition) is 0. The van der Waals surface area contributed by atoms with Crippen LogP contribution in [-0.2, 0) is 14.4 Å². The summed E-state index contributed by atoms with van der Waals surface area (Å²) in [6.45, 7) is 0. The molecule has 0 unspecified atom stereocenters. The predicted molar refractivity (Wildman–Crippen MR) is 75.5 cm³/mol. The van der Waals surface area contributed by atoms with E-state index in [9.17, 15) is 19.2 Å². The molecule has 2 heterocycles. The van der Waals surface area contributed by atoms with E-state index in [1.54, 1.807) is 12.1 Å². The fourth-order valence-electron chi connectivity index (χ4n) is 2.15. The molecule has 0 radical (unpaired) electrons. The van der Waals surface area contributed by atoms with Gasteiger partial charge >= 0.3 is 11.6 Å². The monoisotopic (exact) mass is 317 g/mol. The summed E-state index contributed by atoms with van der Waals surface area (Å²) in [4.78, 5) is 51.5. The van der Waals surface area contributed by atoms with Crippen LogP contribution in [0.2, 0.25) is 0 Å². The average molecular weight is 317 g/mol. The number of hydrogen-bond acceptors (Lipinski definition) is 7. The molecule has 1 aliphatic heterocycles. The van der Waals surface area contributed by atoms with Crippen LogP contribution in [0.15, 0.2) is 33.5 Å². The summed E-state index contributed by atoms with van der Waals surface area (Å²) in [5, 5.41) is 0.844. The molecule has 0 saturated carbocycles. The summed E-state index contributed by atoms with van der Waals surface area (Å²) in [5.74, 6) is -1.89. The van der Waals surface area contributed by atoms with Gasteiger partial charge in [0.1, 0.15) is 16.9 Å². The molecule has 0 aliphatic carbocycles. The zero-order valence-corrected chi connectivity index (χ0v) is 12.0. The Kier molecular flexibility index (Phi) is 3.57. The quantitative estimate of drug-likeness (QED) is 0.615. The second-order valence-electron chi connectivity index (χ2n) is 4.81. The molecule has 1 saturated heterocycles. The maximum Gasteiger partial charge on any atom is 0.371 e. The first-order valence-corrected chi connectivity index (χ1v) is 6.69. The maximum absolute atomic E-state index is 12.0. The normalized spacial score (nSPS) is 14.4. The van der Waals surface area contributed by atoms with E-state index in [1.807, 2.05) is 0 Å². The lowest BCUT2D eigenvalue weighted by Gasteiger charge is -2.12. The summed E-state index contributed by atoms with van der Waals surface area (Å²) in [6, 6.07) is 6.00. The summed E-state index contributed by atoms with van der Waals surface area (Å²) < 4.78 is 10.1. The number of methoxy groups -OCH3 is 1. The third-order valence-electron chi connectivity index (χ3n) is 3.34. The van der Waals surface area contributed by atoms with Crippen molar-refractivity contribution in [3.63, 3.8) is 0 Å². The highest BCUT2D eigenvalue weighted by Crippen LogP contribution is 2.21. The summed E-state index contributed by atoms with van der Waals surface area (Å²) >= 11 is 0. The Bertz CT molecular complexity index is 867. The van der Waals surface area contributed by atoms with Crippen LogP contribution in [0.1, 0.15) is 23.2 Å². The van der Waals surface area contributed by atoms with Crippen molar-refractivity contribution in [3.05, 3.63) is 40.2 Å². The number of nitrogens with zero attached hydrogens (tertiary/aromatic N) is 1. The van der Waals surface area contributed by atoms with Gasteiger partial charge < -0.3 is 14.0 Å². The van der Waals surface area contributed by atoms with Crippen molar-refractivity contribution in [2.24, 2.45) is 0 Å². The van der Waals surface area contributed by atoms with Crippen molar-refractivity contribution in [2.75, 3.05) is 7.11 Å². The fourth-order valence-corrected chi connectivity index (χ4v) is 2.15. The first-order valence-electron chi connectivity index (χ1n) is 6.69. The third-order valence-corrected chi connectivity index (χ3v) is 3.34. The largest absolute Gasteiger partial charge is 0.497 e. The van der Waals surface area contributed by atoms with Crippen LogP contribution in [0, 0.1) is 0 Å². The molecule has 3 rings (SSSR count). The second-order valence-corrected chi connectivity index (χ2v) is 4.81. The molecule has 0 spiro atoms. The molecule has 8 nitrogen and oxygen atoms in total. The lowest BCUT2D eigenvalue weighted by molar-refractivity contribution is -0.172. The smallest absolute Gasteiger partial charge is 0.371 e. The molecule has 1 aromatic carbocycles. The Morgan fingerprint density at radius 2 is 1.83 bits per heavy atom. The highest BCUT2D eigenvalue weighted by Gasteiger charge is 2.33. The zero-order chi connectivity index (χ0) is 16.6. The van der Waals surface area contributed by atoms with Gasteiger partial charge in [0.25, 0.3) is 11.8 Å². The molecule has 118 valence electrons. The fraction of sp³-hybridized carbons (Fsp3) is 0.200. The van der Waals surface area contributed by atoms with E-state index < -0.39 is 29.0 Å². The Morgan fingerprint density at radius 1 is 1.13 bits per heavy atom. The van der Waals surface area contributed by atoms with E-state index >= 15 is 0 Å². The van der Waals surface area contributed by atoms with Crippen molar-refractivity contribution < 1.29 is 28.4 Å². The van der Waals surface area contributed by atoms with E-state index in [0.29, 0.717) is 16.2 Å². The highest BCUT2D eigenvalue weighted by molar-refractivity contribution is 6.03. The van der Waals surface area contributed by atoms with Gasteiger partial charge in [0.15, 0.2) is 0 Å². The summed E-state index contributed by atoms with van der Waals surface area (Å²) in [6.07, 6.45) is -0.0591. The van der Waals surface area contributed by atoms with Crippen molar-refractivity contribution in [1.29, 1.82) is 0 Å². The van der Waals surface area contributed by atoms with Crippen LogP contribution in [0.25, 0.3) is 11.0 Å². The number of carbonyl (C=O) groups excluding carboxylic acids is 3. The van der Waals surface area contributed by atoms with E-state index in [4.69, 9.17) is 14.0 Å². The number of ether oxygens (including phenoxy) is 1. The van der Waals surface area contributed by atoms with Crippen molar-refractivity contribution in [2.45, 2.75) is 12.8 Å². The lowest BCUT2D eigenvalue weighted by atomic mass is 10.2.